The summed E-state index contributed by atoms with van der Waals surface area (Å²) in [5.74, 6) is -0.574. The highest BCUT2D eigenvalue weighted by Crippen LogP contribution is 2.18. The number of anilines is 1. The summed E-state index contributed by atoms with van der Waals surface area (Å²) in [6.07, 6.45) is 0. The maximum atomic E-state index is 12.9. The van der Waals surface area contributed by atoms with E-state index in [1.54, 1.807) is 12.1 Å². The molecule has 0 radical (unpaired) electrons. The molecule has 0 unspecified atom stereocenters. The first-order chi connectivity index (χ1) is 8.69. The molecule has 0 spiro atoms. The number of halogens is 1. The SMILES string of the molecule is CC(C)N(CC(=O)OC(C)(C)C)c1ccc(F)cc1. The van der Waals surface area contributed by atoms with Gasteiger partial charge in [-0.1, -0.05) is 0 Å². The fourth-order valence-corrected chi connectivity index (χ4v) is 1.72. The molecule has 19 heavy (non-hydrogen) atoms. The van der Waals surface area contributed by atoms with Gasteiger partial charge in [-0.05, 0) is 58.9 Å². The van der Waals surface area contributed by atoms with E-state index >= 15 is 0 Å². The van der Waals surface area contributed by atoms with Gasteiger partial charge in [-0.25, -0.2) is 4.39 Å². The standard InChI is InChI=1S/C15H22FNO2/c1-11(2)17(10-14(18)19-15(3,4)5)13-8-6-12(16)7-9-13/h6-9,11H,10H2,1-5H3. The maximum Gasteiger partial charge on any atom is 0.326 e. The Balaban J connectivity index is 2.79. The molecule has 0 fully saturated rings. The average Bonchev–Trinajstić information content (AvgIpc) is 2.24. The molecular formula is C15H22FNO2. The molecule has 0 aromatic heterocycles. The third-order valence-corrected chi connectivity index (χ3v) is 2.50. The molecule has 106 valence electrons. The average molecular weight is 267 g/mol. The summed E-state index contributed by atoms with van der Waals surface area (Å²) < 4.78 is 18.2. The van der Waals surface area contributed by atoms with Gasteiger partial charge in [0.05, 0.1) is 0 Å². The second kappa shape index (κ2) is 6.04. The molecule has 0 bridgehead atoms. The van der Waals surface area contributed by atoms with Crippen molar-refractivity contribution in [2.45, 2.75) is 46.3 Å². The van der Waals surface area contributed by atoms with Gasteiger partial charge in [0.1, 0.15) is 18.0 Å². The molecule has 0 aliphatic rings. The molecule has 0 N–H and O–H groups in total. The van der Waals surface area contributed by atoms with Crippen molar-refractivity contribution in [1.29, 1.82) is 0 Å². The molecule has 0 saturated heterocycles. The molecule has 0 aliphatic carbocycles. The lowest BCUT2D eigenvalue weighted by atomic mass is 10.2. The van der Waals surface area contributed by atoms with Gasteiger partial charge in [0, 0.05) is 11.7 Å². The minimum atomic E-state index is -0.497. The summed E-state index contributed by atoms with van der Waals surface area (Å²) in [4.78, 5) is 13.8. The van der Waals surface area contributed by atoms with Gasteiger partial charge in [-0.3, -0.25) is 4.79 Å². The van der Waals surface area contributed by atoms with E-state index in [-0.39, 0.29) is 24.4 Å². The van der Waals surface area contributed by atoms with Crippen LogP contribution in [-0.2, 0) is 9.53 Å². The summed E-state index contributed by atoms with van der Waals surface area (Å²) in [5, 5.41) is 0. The summed E-state index contributed by atoms with van der Waals surface area (Å²) in [6, 6.07) is 6.23. The van der Waals surface area contributed by atoms with Gasteiger partial charge in [0.2, 0.25) is 0 Å². The second-order valence-corrected chi connectivity index (χ2v) is 5.78. The Morgan fingerprint density at radius 1 is 1.26 bits per heavy atom. The Bertz CT molecular complexity index is 421. The van der Waals surface area contributed by atoms with E-state index in [0.29, 0.717) is 0 Å². The number of carbonyl (C=O) groups excluding carboxylic acids is 1. The van der Waals surface area contributed by atoms with Crippen LogP contribution < -0.4 is 4.90 Å². The Labute approximate surface area is 114 Å². The van der Waals surface area contributed by atoms with Gasteiger partial charge >= 0.3 is 5.97 Å². The van der Waals surface area contributed by atoms with Crippen molar-refractivity contribution in [1.82, 2.24) is 0 Å². The van der Waals surface area contributed by atoms with Crippen LogP contribution in [0.4, 0.5) is 10.1 Å². The van der Waals surface area contributed by atoms with Crippen molar-refractivity contribution in [3.8, 4) is 0 Å². The van der Waals surface area contributed by atoms with Gasteiger partial charge in [0.15, 0.2) is 0 Å². The van der Waals surface area contributed by atoms with E-state index in [1.165, 1.54) is 12.1 Å². The van der Waals surface area contributed by atoms with Crippen LogP contribution in [0.5, 0.6) is 0 Å². The molecule has 0 heterocycles. The number of ether oxygens (including phenoxy) is 1. The molecule has 1 aromatic carbocycles. The van der Waals surface area contributed by atoms with Gasteiger partial charge in [-0.15, -0.1) is 0 Å². The fourth-order valence-electron chi connectivity index (χ4n) is 1.72. The Hall–Kier alpha value is -1.58. The zero-order chi connectivity index (χ0) is 14.6. The molecule has 1 aromatic rings. The van der Waals surface area contributed by atoms with Crippen LogP contribution in [-0.4, -0.2) is 24.2 Å². The lowest BCUT2D eigenvalue weighted by Crippen LogP contribution is -2.38. The first-order valence-corrected chi connectivity index (χ1v) is 6.43. The highest BCUT2D eigenvalue weighted by atomic mass is 19.1. The first-order valence-electron chi connectivity index (χ1n) is 6.43. The van der Waals surface area contributed by atoms with Crippen LogP contribution in [0.3, 0.4) is 0 Å². The molecule has 0 aliphatic heterocycles. The Morgan fingerprint density at radius 2 is 1.79 bits per heavy atom. The van der Waals surface area contributed by atoms with Gasteiger partial charge < -0.3 is 9.64 Å². The summed E-state index contributed by atoms with van der Waals surface area (Å²) in [6.45, 7) is 9.62. The van der Waals surface area contributed by atoms with Crippen molar-refractivity contribution in [2.75, 3.05) is 11.4 Å². The molecule has 4 heteroatoms. The summed E-state index contributed by atoms with van der Waals surface area (Å²) in [5.41, 5.74) is 0.310. The number of nitrogens with zero attached hydrogens (tertiary/aromatic N) is 1. The molecule has 1 rings (SSSR count). The van der Waals surface area contributed by atoms with E-state index in [4.69, 9.17) is 4.74 Å². The third kappa shape index (κ3) is 5.28. The minimum absolute atomic E-state index is 0.123. The van der Waals surface area contributed by atoms with E-state index < -0.39 is 5.60 Å². The number of esters is 1. The van der Waals surface area contributed by atoms with Crippen molar-refractivity contribution in [2.24, 2.45) is 0 Å². The monoisotopic (exact) mass is 267 g/mol. The molecule has 0 saturated carbocycles. The van der Waals surface area contributed by atoms with Crippen molar-refractivity contribution in [3.05, 3.63) is 30.1 Å². The van der Waals surface area contributed by atoms with Gasteiger partial charge in [0.25, 0.3) is 0 Å². The normalized spacial score (nSPS) is 11.5. The van der Waals surface area contributed by atoms with E-state index in [0.717, 1.165) is 5.69 Å². The highest BCUT2D eigenvalue weighted by molar-refractivity contribution is 5.76. The van der Waals surface area contributed by atoms with Crippen LogP contribution in [0.15, 0.2) is 24.3 Å². The number of rotatable bonds is 4. The number of carbonyl (C=O) groups is 1. The van der Waals surface area contributed by atoms with Gasteiger partial charge in [-0.2, -0.15) is 0 Å². The Kier molecular flexibility index (Phi) is 4.92. The van der Waals surface area contributed by atoms with Crippen LogP contribution in [0.2, 0.25) is 0 Å². The van der Waals surface area contributed by atoms with Crippen LogP contribution in [0.1, 0.15) is 34.6 Å². The van der Waals surface area contributed by atoms with Crippen molar-refractivity contribution >= 4 is 11.7 Å². The smallest absolute Gasteiger partial charge is 0.326 e. The maximum absolute atomic E-state index is 12.9. The zero-order valence-electron chi connectivity index (χ0n) is 12.2. The third-order valence-electron chi connectivity index (χ3n) is 2.50. The lowest BCUT2D eigenvalue weighted by molar-refractivity contribution is -0.153. The molecule has 0 amide bonds. The highest BCUT2D eigenvalue weighted by Gasteiger charge is 2.20. The summed E-state index contributed by atoms with van der Waals surface area (Å²) >= 11 is 0. The molecule has 3 nitrogen and oxygen atoms in total. The summed E-state index contributed by atoms with van der Waals surface area (Å²) in [7, 11) is 0. The lowest BCUT2D eigenvalue weighted by Gasteiger charge is -2.29. The zero-order valence-corrected chi connectivity index (χ0v) is 12.2. The van der Waals surface area contributed by atoms with Crippen LogP contribution >= 0.6 is 0 Å². The molecular weight excluding hydrogens is 245 g/mol. The Morgan fingerprint density at radius 3 is 2.21 bits per heavy atom. The van der Waals surface area contributed by atoms with E-state index in [1.807, 2.05) is 39.5 Å². The number of hydrogen-bond donors (Lipinski definition) is 0. The second-order valence-electron chi connectivity index (χ2n) is 5.78. The number of hydrogen-bond acceptors (Lipinski definition) is 3. The minimum Gasteiger partial charge on any atom is -0.459 e. The fraction of sp³-hybridized carbons (Fsp3) is 0.533. The topological polar surface area (TPSA) is 29.5 Å². The predicted molar refractivity (Wildman–Crippen MR) is 74.7 cm³/mol. The van der Waals surface area contributed by atoms with E-state index in [9.17, 15) is 9.18 Å². The number of benzene rings is 1. The first kappa shape index (κ1) is 15.5. The predicted octanol–water partition coefficient (Wildman–Crippen LogP) is 3.38. The van der Waals surface area contributed by atoms with Crippen LogP contribution in [0, 0.1) is 5.82 Å². The van der Waals surface area contributed by atoms with E-state index in [2.05, 4.69) is 0 Å². The molecule has 0 atom stereocenters. The van der Waals surface area contributed by atoms with Crippen LogP contribution in [0.25, 0.3) is 0 Å². The quantitative estimate of drug-likeness (QED) is 0.783. The van der Waals surface area contributed by atoms with Crippen molar-refractivity contribution in [3.63, 3.8) is 0 Å². The largest absolute Gasteiger partial charge is 0.459 e. The van der Waals surface area contributed by atoms with Crippen molar-refractivity contribution < 1.29 is 13.9 Å².